The quantitative estimate of drug-likeness (QED) is 0.549. The second-order valence-electron chi connectivity index (χ2n) is 2.94. The lowest BCUT2D eigenvalue weighted by atomic mass is 10.5. The van der Waals surface area contributed by atoms with E-state index in [1.54, 1.807) is 0 Å². The van der Waals surface area contributed by atoms with Crippen LogP contribution in [0.5, 0.6) is 0 Å². The van der Waals surface area contributed by atoms with Crippen LogP contribution in [0.3, 0.4) is 0 Å². The summed E-state index contributed by atoms with van der Waals surface area (Å²) in [6.07, 6.45) is 4.79. The molecule has 0 amide bonds. The minimum atomic E-state index is -4.64. The van der Waals surface area contributed by atoms with E-state index in [4.69, 9.17) is 19.2 Å². The van der Waals surface area contributed by atoms with Crippen LogP contribution < -0.4 is 0 Å². The molecule has 0 spiro atoms. The lowest BCUT2D eigenvalue weighted by Gasteiger charge is -2.25. The van der Waals surface area contributed by atoms with Crippen LogP contribution in [-0.4, -0.2) is 44.2 Å². The van der Waals surface area contributed by atoms with Gasteiger partial charge in [-0.05, 0) is 13.8 Å². The third kappa shape index (κ3) is 5.99. The Morgan fingerprint density at radius 3 is 1.93 bits per heavy atom. The van der Waals surface area contributed by atoms with Crippen molar-refractivity contribution in [3.05, 3.63) is 12.4 Å². The lowest BCUT2D eigenvalue weighted by Crippen LogP contribution is -2.33. The predicted octanol–water partition coefficient (Wildman–Crippen LogP) is 0.142. The zero-order chi connectivity index (χ0) is 11.4. The zero-order valence-corrected chi connectivity index (χ0v) is 9.43. The predicted molar refractivity (Wildman–Crippen MR) is 53.0 cm³/mol. The molecule has 3 N–H and O–H groups in total. The first-order valence-corrected chi connectivity index (χ1v) is 5.76. The number of phosphoric acid groups is 1. The van der Waals surface area contributed by atoms with Gasteiger partial charge in [0.05, 0.1) is 6.17 Å². The molecule has 0 aliphatic carbocycles. The molecule has 84 valence electrons. The molecule has 14 heavy (non-hydrogen) atoms. The summed E-state index contributed by atoms with van der Waals surface area (Å²) < 4.78 is 8.88. The topological polar surface area (TPSA) is 84.2 Å². The van der Waals surface area contributed by atoms with Gasteiger partial charge >= 0.3 is 7.82 Å². The van der Waals surface area contributed by atoms with Crippen LogP contribution in [0.15, 0.2) is 12.4 Å². The Morgan fingerprint density at radius 1 is 1.36 bits per heavy atom. The molecule has 1 atom stereocenters. The molecular formula is C7H17N2O4P. The Bertz CT molecular complexity index is 232. The SMILES string of the molecule is CCN1C=CN(C)C1C.O=P(O)(O)O. The van der Waals surface area contributed by atoms with Gasteiger partial charge in [-0.3, -0.25) is 0 Å². The number of hydrogen-bond donors (Lipinski definition) is 3. The average molecular weight is 224 g/mol. The molecule has 1 heterocycles. The van der Waals surface area contributed by atoms with E-state index < -0.39 is 7.82 Å². The summed E-state index contributed by atoms with van der Waals surface area (Å²) in [5.74, 6) is 0. The van der Waals surface area contributed by atoms with Gasteiger partial charge < -0.3 is 24.5 Å². The first kappa shape index (κ1) is 13.4. The van der Waals surface area contributed by atoms with E-state index in [-0.39, 0.29) is 0 Å². The highest BCUT2D eigenvalue weighted by molar-refractivity contribution is 7.45. The van der Waals surface area contributed by atoms with Crippen molar-refractivity contribution in [3.63, 3.8) is 0 Å². The van der Waals surface area contributed by atoms with Gasteiger partial charge in [0.2, 0.25) is 0 Å². The molecule has 0 saturated carbocycles. The number of nitrogens with zero attached hydrogens (tertiary/aromatic N) is 2. The maximum Gasteiger partial charge on any atom is 0.466 e. The van der Waals surface area contributed by atoms with Gasteiger partial charge in [0.25, 0.3) is 0 Å². The Hall–Kier alpha value is -0.550. The molecule has 0 aromatic heterocycles. The highest BCUT2D eigenvalue weighted by atomic mass is 31.2. The highest BCUT2D eigenvalue weighted by Crippen LogP contribution is 2.25. The fourth-order valence-electron chi connectivity index (χ4n) is 1.04. The molecule has 0 bridgehead atoms. The third-order valence-electron chi connectivity index (χ3n) is 1.93. The Labute approximate surface area is 83.7 Å². The van der Waals surface area contributed by atoms with Crippen LogP contribution in [0.4, 0.5) is 0 Å². The Balaban J connectivity index is 0.000000292. The molecule has 1 aliphatic heterocycles. The van der Waals surface area contributed by atoms with Gasteiger partial charge in [-0.1, -0.05) is 0 Å². The van der Waals surface area contributed by atoms with Crippen molar-refractivity contribution in [2.75, 3.05) is 13.6 Å². The van der Waals surface area contributed by atoms with E-state index in [0.717, 1.165) is 6.54 Å². The fourth-order valence-corrected chi connectivity index (χ4v) is 1.04. The summed E-state index contributed by atoms with van der Waals surface area (Å²) in [6.45, 7) is 5.46. The monoisotopic (exact) mass is 224 g/mol. The van der Waals surface area contributed by atoms with Crippen molar-refractivity contribution in [3.8, 4) is 0 Å². The number of rotatable bonds is 1. The molecule has 0 aromatic rings. The van der Waals surface area contributed by atoms with E-state index in [1.165, 1.54) is 0 Å². The normalized spacial score (nSPS) is 20.9. The lowest BCUT2D eigenvalue weighted by molar-refractivity contribution is 0.203. The smallest absolute Gasteiger partial charge is 0.359 e. The van der Waals surface area contributed by atoms with E-state index >= 15 is 0 Å². The third-order valence-corrected chi connectivity index (χ3v) is 1.93. The van der Waals surface area contributed by atoms with Crippen LogP contribution in [0.1, 0.15) is 13.8 Å². The van der Waals surface area contributed by atoms with E-state index in [2.05, 4.69) is 43.1 Å². The van der Waals surface area contributed by atoms with Crippen LogP contribution >= 0.6 is 7.82 Å². The van der Waals surface area contributed by atoms with Crippen molar-refractivity contribution in [1.82, 2.24) is 9.80 Å². The molecule has 1 aliphatic rings. The van der Waals surface area contributed by atoms with Crippen molar-refractivity contribution in [2.24, 2.45) is 0 Å². The standard InChI is InChI=1S/C7H14N2.H3O4P/c1-4-9-6-5-8(3)7(9)2;1-5(2,3)4/h5-7H,4H2,1-3H3;(H3,1,2,3,4). The van der Waals surface area contributed by atoms with E-state index in [0.29, 0.717) is 6.17 Å². The summed E-state index contributed by atoms with van der Waals surface area (Å²) in [5.41, 5.74) is 0. The van der Waals surface area contributed by atoms with Crippen molar-refractivity contribution < 1.29 is 19.2 Å². The Morgan fingerprint density at radius 2 is 1.79 bits per heavy atom. The van der Waals surface area contributed by atoms with Gasteiger partial charge in [0.1, 0.15) is 0 Å². The largest absolute Gasteiger partial charge is 0.466 e. The van der Waals surface area contributed by atoms with Gasteiger partial charge in [0.15, 0.2) is 0 Å². The van der Waals surface area contributed by atoms with Crippen LogP contribution in [0.2, 0.25) is 0 Å². The average Bonchev–Trinajstić information content (AvgIpc) is 2.30. The molecule has 1 rings (SSSR count). The summed E-state index contributed by atoms with van der Waals surface area (Å²) in [7, 11) is -2.54. The molecule has 1 unspecified atom stereocenters. The first-order chi connectivity index (χ1) is 6.25. The van der Waals surface area contributed by atoms with Gasteiger partial charge in [-0.25, -0.2) is 4.57 Å². The molecule has 0 saturated heterocycles. The second-order valence-corrected chi connectivity index (χ2v) is 3.97. The van der Waals surface area contributed by atoms with Crippen LogP contribution in [0, 0.1) is 0 Å². The van der Waals surface area contributed by atoms with Crippen LogP contribution in [-0.2, 0) is 4.57 Å². The molecule has 0 radical (unpaired) electrons. The Kier molecular flexibility index (Phi) is 5.15. The number of hydrogen-bond acceptors (Lipinski definition) is 3. The maximum absolute atomic E-state index is 8.88. The highest BCUT2D eigenvalue weighted by Gasteiger charge is 2.15. The van der Waals surface area contributed by atoms with Crippen molar-refractivity contribution >= 4 is 7.82 Å². The second kappa shape index (κ2) is 5.36. The minimum Gasteiger partial charge on any atom is -0.359 e. The van der Waals surface area contributed by atoms with E-state index in [9.17, 15) is 0 Å². The van der Waals surface area contributed by atoms with E-state index in [1.807, 2.05) is 0 Å². The summed E-state index contributed by atoms with van der Waals surface area (Å²) >= 11 is 0. The van der Waals surface area contributed by atoms with Crippen molar-refractivity contribution in [1.29, 1.82) is 0 Å². The molecule has 0 fully saturated rings. The summed E-state index contributed by atoms with van der Waals surface area (Å²) in [5, 5.41) is 0. The first-order valence-electron chi connectivity index (χ1n) is 4.20. The van der Waals surface area contributed by atoms with Gasteiger partial charge in [-0.15, -0.1) is 0 Å². The maximum atomic E-state index is 8.88. The minimum absolute atomic E-state index is 0.551. The molecule has 6 nitrogen and oxygen atoms in total. The fraction of sp³-hybridized carbons (Fsp3) is 0.714. The molecule has 0 aromatic carbocycles. The van der Waals surface area contributed by atoms with Gasteiger partial charge in [0, 0.05) is 26.0 Å². The summed E-state index contributed by atoms with van der Waals surface area (Å²) in [6, 6.07) is 0. The van der Waals surface area contributed by atoms with Gasteiger partial charge in [-0.2, -0.15) is 0 Å². The molecular weight excluding hydrogens is 207 g/mol. The van der Waals surface area contributed by atoms with Crippen LogP contribution in [0.25, 0.3) is 0 Å². The van der Waals surface area contributed by atoms with Crippen molar-refractivity contribution in [2.45, 2.75) is 20.0 Å². The zero-order valence-electron chi connectivity index (χ0n) is 8.53. The summed E-state index contributed by atoms with van der Waals surface area (Å²) in [4.78, 5) is 26.1. The molecule has 7 heteroatoms.